The molecule has 1 amide bonds. The molecule has 2 saturated carbocycles. The van der Waals surface area contributed by atoms with Gasteiger partial charge in [0.15, 0.2) is 5.65 Å². The lowest BCUT2D eigenvalue weighted by Crippen LogP contribution is -2.53. The van der Waals surface area contributed by atoms with Gasteiger partial charge in [-0.1, -0.05) is 6.42 Å². The first-order valence-corrected chi connectivity index (χ1v) is 8.99. The van der Waals surface area contributed by atoms with Gasteiger partial charge in [0.05, 0.1) is 5.56 Å². The molecule has 7 heteroatoms. The maximum atomic E-state index is 12.7. The third-order valence-electron chi connectivity index (χ3n) is 6.21. The van der Waals surface area contributed by atoms with Crippen LogP contribution < -0.4 is 0 Å². The van der Waals surface area contributed by atoms with E-state index >= 15 is 0 Å². The summed E-state index contributed by atoms with van der Waals surface area (Å²) in [5.74, 6) is 1.97. The van der Waals surface area contributed by atoms with Crippen LogP contribution in [0.2, 0.25) is 0 Å². The Labute approximate surface area is 140 Å². The quantitative estimate of drug-likeness (QED) is 0.826. The summed E-state index contributed by atoms with van der Waals surface area (Å²) in [5, 5.41) is 11.4. The van der Waals surface area contributed by atoms with Gasteiger partial charge in [0.1, 0.15) is 0 Å². The zero-order chi connectivity index (χ0) is 16.1. The summed E-state index contributed by atoms with van der Waals surface area (Å²) in [4.78, 5) is 17.4. The van der Waals surface area contributed by atoms with Crippen LogP contribution in [0.5, 0.6) is 0 Å². The van der Waals surface area contributed by atoms with E-state index < -0.39 is 0 Å². The lowest BCUT2D eigenvalue weighted by molar-refractivity contribution is 0.0495. The Bertz CT molecular complexity index is 765. The summed E-state index contributed by atoms with van der Waals surface area (Å²) in [5.41, 5.74) is 1.32. The number of carbonyl (C=O) groups is 1. The van der Waals surface area contributed by atoms with Gasteiger partial charge < -0.3 is 4.90 Å². The highest BCUT2D eigenvalue weighted by atomic mass is 16.2. The minimum Gasteiger partial charge on any atom is -0.336 e. The monoisotopic (exact) mass is 326 g/mol. The smallest absolute Gasteiger partial charge is 0.255 e. The van der Waals surface area contributed by atoms with Crippen LogP contribution in [0.1, 0.15) is 36.0 Å². The summed E-state index contributed by atoms with van der Waals surface area (Å²) < 4.78 is 1.55. The number of nitrogens with zero attached hydrogens (tertiary/aromatic N) is 6. The number of rotatable bonds is 2. The number of hydrogen-bond acceptors (Lipinski definition) is 5. The molecule has 2 aromatic rings. The molecule has 0 N–H and O–H groups in total. The van der Waals surface area contributed by atoms with Gasteiger partial charge in [-0.3, -0.25) is 9.69 Å². The van der Waals surface area contributed by atoms with Crippen molar-refractivity contribution in [3.05, 3.63) is 23.9 Å². The molecule has 0 radical (unpaired) electrons. The number of tetrazole rings is 1. The molecular formula is C17H22N6O. The van der Waals surface area contributed by atoms with Crippen LogP contribution in [0, 0.1) is 11.8 Å². The fourth-order valence-corrected chi connectivity index (χ4v) is 4.97. The average Bonchev–Trinajstić information content (AvgIpc) is 3.36. The fourth-order valence-electron chi connectivity index (χ4n) is 4.97. The lowest BCUT2D eigenvalue weighted by Gasteiger charge is -2.41. The van der Waals surface area contributed by atoms with Crippen molar-refractivity contribution in [3.8, 4) is 0 Å². The van der Waals surface area contributed by atoms with E-state index in [1.165, 1.54) is 25.7 Å². The van der Waals surface area contributed by atoms with E-state index in [1.807, 2.05) is 11.0 Å². The summed E-state index contributed by atoms with van der Waals surface area (Å²) in [7, 11) is 0. The highest BCUT2D eigenvalue weighted by molar-refractivity contribution is 5.94. The standard InChI is InChI=1S/C17H22N6O/c24-17(14-3-4-16-18-19-20-23(16)11-14)22-7-5-21(6-8-22)15-10-12-1-2-13(15)9-12/h3-4,11-13,15H,1-2,5-10H2/t12-,13-,15+/m0/s1. The third kappa shape index (κ3) is 2.30. The van der Waals surface area contributed by atoms with Gasteiger partial charge in [0, 0.05) is 38.4 Å². The predicted octanol–water partition coefficient (Wildman–Crippen LogP) is 1.07. The number of fused-ring (bicyclic) bond motifs is 3. The molecule has 1 saturated heterocycles. The molecule has 2 aliphatic carbocycles. The number of piperazine rings is 1. The van der Waals surface area contributed by atoms with Crippen molar-refractivity contribution >= 4 is 11.6 Å². The van der Waals surface area contributed by atoms with Gasteiger partial charge in [-0.15, -0.1) is 5.10 Å². The van der Waals surface area contributed by atoms with Crippen molar-refractivity contribution in [2.75, 3.05) is 26.2 Å². The van der Waals surface area contributed by atoms with Crippen LogP contribution in [-0.4, -0.2) is 68.0 Å². The number of hydrogen-bond donors (Lipinski definition) is 0. The molecular weight excluding hydrogens is 304 g/mol. The number of pyridine rings is 1. The molecule has 3 fully saturated rings. The minimum absolute atomic E-state index is 0.0833. The largest absolute Gasteiger partial charge is 0.336 e. The van der Waals surface area contributed by atoms with E-state index in [1.54, 1.807) is 16.8 Å². The van der Waals surface area contributed by atoms with Crippen LogP contribution >= 0.6 is 0 Å². The molecule has 3 atom stereocenters. The van der Waals surface area contributed by atoms with Gasteiger partial charge in [-0.2, -0.15) is 4.52 Å². The van der Waals surface area contributed by atoms with Gasteiger partial charge in [-0.25, -0.2) is 0 Å². The fraction of sp³-hybridized carbons (Fsp3) is 0.647. The Morgan fingerprint density at radius 1 is 1.08 bits per heavy atom. The zero-order valence-corrected chi connectivity index (χ0v) is 13.7. The van der Waals surface area contributed by atoms with Crippen LogP contribution in [0.4, 0.5) is 0 Å². The summed E-state index contributed by atoms with van der Waals surface area (Å²) in [6, 6.07) is 4.38. The average molecular weight is 326 g/mol. The Balaban J connectivity index is 1.25. The number of aromatic nitrogens is 4. The first-order valence-electron chi connectivity index (χ1n) is 8.99. The van der Waals surface area contributed by atoms with E-state index in [-0.39, 0.29) is 5.91 Å². The van der Waals surface area contributed by atoms with Crippen molar-refractivity contribution in [2.24, 2.45) is 11.8 Å². The summed E-state index contributed by atoms with van der Waals surface area (Å²) >= 11 is 0. The molecule has 2 aromatic heterocycles. The topological polar surface area (TPSA) is 66.6 Å². The molecule has 7 nitrogen and oxygen atoms in total. The highest BCUT2D eigenvalue weighted by Gasteiger charge is 2.42. The Kier molecular flexibility index (Phi) is 3.29. The van der Waals surface area contributed by atoms with Gasteiger partial charge in [-0.05, 0) is 53.7 Å². The molecule has 1 aliphatic heterocycles. The second kappa shape index (κ2) is 5.51. The third-order valence-corrected chi connectivity index (χ3v) is 6.21. The molecule has 2 bridgehead atoms. The lowest BCUT2D eigenvalue weighted by atomic mass is 9.93. The zero-order valence-electron chi connectivity index (χ0n) is 13.7. The van der Waals surface area contributed by atoms with Crippen molar-refractivity contribution in [3.63, 3.8) is 0 Å². The van der Waals surface area contributed by atoms with Crippen molar-refractivity contribution in [2.45, 2.75) is 31.7 Å². The molecule has 0 unspecified atom stereocenters. The highest BCUT2D eigenvalue weighted by Crippen LogP contribution is 2.46. The first-order chi connectivity index (χ1) is 11.8. The van der Waals surface area contributed by atoms with Crippen LogP contribution in [-0.2, 0) is 0 Å². The maximum Gasteiger partial charge on any atom is 0.255 e. The van der Waals surface area contributed by atoms with Crippen molar-refractivity contribution < 1.29 is 4.79 Å². The van der Waals surface area contributed by atoms with E-state index in [9.17, 15) is 4.79 Å². The van der Waals surface area contributed by atoms with Gasteiger partial charge >= 0.3 is 0 Å². The van der Waals surface area contributed by atoms with Crippen LogP contribution in [0.15, 0.2) is 18.3 Å². The van der Waals surface area contributed by atoms with E-state index in [0.29, 0.717) is 11.2 Å². The predicted molar refractivity (Wildman–Crippen MR) is 87.5 cm³/mol. The maximum absolute atomic E-state index is 12.7. The summed E-state index contributed by atoms with van der Waals surface area (Å²) in [6.07, 6.45) is 7.41. The normalized spacial score (nSPS) is 30.3. The van der Waals surface area contributed by atoms with Gasteiger partial charge in [0.25, 0.3) is 5.91 Å². The number of carbonyl (C=O) groups excluding carboxylic acids is 1. The molecule has 5 rings (SSSR count). The molecule has 0 spiro atoms. The Morgan fingerprint density at radius 2 is 1.96 bits per heavy atom. The minimum atomic E-state index is 0.0833. The Hall–Kier alpha value is -2.02. The molecule has 3 heterocycles. The second-order valence-corrected chi connectivity index (χ2v) is 7.47. The van der Waals surface area contributed by atoms with Crippen molar-refractivity contribution in [1.29, 1.82) is 0 Å². The second-order valence-electron chi connectivity index (χ2n) is 7.47. The molecule has 126 valence electrons. The first kappa shape index (κ1) is 14.3. The molecule has 3 aliphatic rings. The van der Waals surface area contributed by atoms with E-state index in [0.717, 1.165) is 44.1 Å². The molecule has 0 aromatic carbocycles. The number of amides is 1. The summed E-state index contributed by atoms with van der Waals surface area (Å²) in [6.45, 7) is 3.65. The van der Waals surface area contributed by atoms with E-state index in [2.05, 4.69) is 20.4 Å². The van der Waals surface area contributed by atoms with Gasteiger partial charge in [0.2, 0.25) is 0 Å². The molecule has 24 heavy (non-hydrogen) atoms. The van der Waals surface area contributed by atoms with Crippen LogP contribution in [0.3, 0.4) is 0 Å². The van der Waals surface area contributed by atoms with E-state index in [4.69, 9.17) is 0 Å². The Morgan fingerprint density at radius 3 is 2.71 bits per heavy atom. The van der Waals surface area contributed by atoms with Crippen molar-refractivity contribution in [1.82, 2.24) is 29.8 Å². The SMILES string of the molecule is O=C(c1ccc2nnnn2c1)N1CCN([C@@H]2C[C@H]3CC[C@H]2C3)CC1. The van der Waals surface area contributed by atoms with Crippen LogP contribution in [0.25, 0.3) is 5.65 Å².